The van der Waals surface area contributed by atoms with Gasteiger partial charge in [0.15, 0.2) is 9.84 Å². The number of rotatable bonds is 5. The topological polar surface area (TPSA) is 89.3 Å². The molecule has 6 heteroatoms. The van der Waals surface area contributed by atoms with Crippen molar-refractivity contribution in [3.8, 4) is 0 Å². The molecule has 20 heavy (non-hydrogen) atoms. The van der Waals surface area contributed by atoms with Crippen molar-refractivity contribution in [2.45, 2.75) is 31.1 Å². The van der Waals surface area contributed by atoms with Crippen molar-refractivity contribution in [2.75, 3.05) is 12.3 Å². The minimum atomic E-state index is -3.00. The predicted octanol–water partition coefficient (Wildman–Crippen LogP) is 0.381. The van der Waals surface area contributed by atoms with Gasteiger partial charge in [-0.25, -0.2) is 8.42 Å². The van der Waals surface area contributed by atoms with E-state index in [4.69, 9.17) is 5.73 Å². The van der Waals surface area contributed by atoms with Crippen LogP contribution in [0.5, 0.6) is 0 Å². The van der Waals surface area contributed by atoms with Crippen LogP contribution in [0.15, 0.2) is 24.3 Å². The van der Waals surface area contributed by atoms with Gasteiger partial charge in [-0.05, 0) is 24.0 Å². The van der Waals surface area contributed by atoms with Gasteiger partial charge in [-0.1, -0.05) is 24.3 Å². The molecule has 1 saturated heterocycles. The number of nitrogens with two attached hydrogens (primary N) is 1. The predicted molar refractivity (Wildman–Crippen MR) is 77.9 cm³/mol. The Hall–Kier alpha value is -1.40. The van der Waals surface area contributed by atoms with Crippen molar-refractivity contribution in [1.82, 2.24) is 5.32 Å². The van der Waals surface area contributed by atoms with Crippen LogP contribution in [0.25, 0.3) is 0 Å². The molecule has 1 atom stereocenters. The quantitative estimate of drug-likeness (QED) is 0.822. The SMILES string of the molecule is NCc1ccccc1CC(=O)NCC1CCCS1(=O)=O. The molecule has 0 bridgehead atoms. The van der Waals surface area contributed by atoms with E-state index in [1.807, 2.05) is 24.3 Å². The van der Waals surface area contributed by atoms with Crippen LogP contribution >= 0.6 is 0 Å². The molecule has 0 radical (unpaired) electrons. The highest BCUT2D eigenvalue weighted by Gasteiger charge is 2.31. The fourth-order valence-corrected chi connectivity index (χ4v) is 4.25. The Labute approximate surface area is 119 Å². The second kappa shape index (κ2) is 6.37. The fraction of sp³-hybridized carbons (Fsp3) is 0.500. The van der Waals surface area contributed by atoms with Crippen molar-refractivity contribution in [1.29, 1.82) is 0 Å². The molecule has 1 aliphatic heterocycles. The van der Waals surface area contributed by atoms with Gasteiger partial charge in [0.25, 0.3) is 0 Å². The van der Waals surface area contributed by atoms with Gasteiger partial charge in [0.1, 0.15) is 0 Å². The summed E-state index contributed by atoms with van der Waals surface area (Å²) in [6, 6.07) is 7.51. The number of hydrogen-bond donors (Lipinski definition) is 2. The van der Waals surface area contributed by atoms with Crippen LogP contribution in [0.4, 0.5) is 0 Å². The first-order chi connectivity index (χ1) is 9.53. The third kappa shape index (κ3) is 3.58. The fourth-order valence-electron chi connectivity index (χ4n) is 2.48. The molecule has 5 nitrogen and oxygen atoms in total. The Bertz CT molecular complexity index is 584. The van der Waals surface area contributed by atoms with Gasteiger partial charge in [-0.15, -0.1) is 0 Å². The number of carbonyl (C=O) groups is 1. The summed E-state index contributed by atoms with van der Waals surface area (Å²) in [7, 11) is -3.00. The number of amides is 1. The number of hydrogen-bond acceptors (Lipinski definition) is 4. The highest BCUT2D eigenvalue weighted by molar-refractivity contribution is 7.92. The van der Waals surface area contributed by atoms with Crippen LogP contribution in [-0.4, -0.2) is 31.9 Å². The van der Waals surface area contributed by atoms with E-state index in [1.54, 1.807) is 0 Å². The molecule has 0 aromatic heterocycles. The largest absolute Gasteiger partial charge is 0.355 e. The lowest BCUT2D eigenvalue weighted by molar-refractivity contribution is -0.120. The van der Waals surface area contributed by atoms with E-state index in [-0.39, 0.29) is 24.6 Å². The summed E-state index contributed by atoms with van der Waals surface area (Å²) in [5.74, 6) is 0.0804. The zero-order valence-electron chi connectivity index (χ0n) is 11.3. The minimum Gasteiger partial charge on any atom is -0.355 e. The normalized spacial score (nSPS) is 20.8. The molecule has 1 aromatic carbocycles. The molecular weight excluding hydrogens is 276 g/mol. The average Bonchev–Trinajstić information content (AvgIpc) is 2.76. The molecule has 1 aromatic rings. The van der Waals surface area contributed by atoms with E-state index in [0.29, 0.717) is 19.4 Å². The van der Waals surface area contributed by atoms with E-state index in [2.05, 4.69) is 5.32 Å². The minimum absolute atomic E-state index is 0.159. The van der Waals surface area contributed by atoms with Gasteiger partial charge in [0.05, 0.1) is 17.4 Å². The summed E-state index contributed by atoms with van der Waals surface area (Å²) in [4.78, 5) is 11.9. The molecule has 110 valence electrons. The van der Waals surface area contributed by atoms with Crippen LogP contribution in [0, 0.1) is 0 Å². The summed E-state index contributed by atoms with van der Waals surface area (Å²) >= 11 is 0. The molecule has 2 rings (SSSR count). The van der Waals surface area contributed by atoms with Gasteiger partial charge >= 0.3 is 0 Å². The Morgan fingerprint density at radius 2 is 2.00 bits per heavy atom. The maximum Gasteiger partial charge on any atom is 0.224 e. The molecule has 3 N–H and O–H groups in total. The second-order valence-corrected chi connectivity index (χ2v) is 7.49. The lowest BCUT2D eigenvalue weighted by Gasteiger charge is -2.12. The van der Waals surface area contributed by atoms with Crippen molar-refractivity contribution >= 4 is 15.7 Å². The number of nitrogens with one attached hydrogen (secondary N) is 1. The van der Waals surface area contributed by atoms with Crippen LogP contribution in [-0.2, 0) is 27.6 Å². The first kappa shape index (κ1) is 15.0. The molecule has 1 fully saturated rings. The third-order valence-corrected chi connectivity index (χ3v) is 5.95. The van der Waals surface area contributed by atoms with Crippen molar-refractivity contribution < 1.29 is 13.2 Å². The number of carbonyl (C=O) groups excluding carboxylic acids is 1. The maximum absolute atomic E-state index is 11.9. The Morgan fingerprint density at radius 3 is 2.60 bits per heavy atom. The van der Waals surface area contributed by atoms with Crippen LogP contribution in [0.2, 0.25) is 0 Å². The Kier molecular flexibility index (Phi) is 4.77. The zero-order valence-corrected chi connectivity index (χ0v) is 12.2. The van der Waals surface area contributed by atoms with Crippen molar-refractivity contribution in [2.24, 2.45) is 5.73 Å². The van der Waals surface area contributed by atoms with E-state index < -0.39 is 15.1 Å². The monoisotopic (exact) mass is 296 g/mol. The number of benzene rings is 1. The highest BCUT2D eigenvalue weighted by atomic mass is 32.2. The third-order valence-electron chi connectivity index (χ3n) is 3.68. The Morgan fingerprint density at radius 1 is 1.30 bits per heavy atom. The molecule has 0 spiro atoms. The van der Waals surface area contributed by atoms with Crippen molar-refractivity contribution in [3.63, 3.8) is 0 Å². The van der Waals surface area contributed by atoms with E-state index in [1.165, 1.54) is 0 Å². The van der Waals surface area contributed by atoms with E-state index >= 15 is 0 Å². The maximum atomic E-state index is 11.9. The first-order valence-corrected chi connectivity index (χ1v) is 8.49. The van der Waals surface area contributed by atoms with Gasteiger partial charge in [-0.2, -0.15) is 0 Å². The molecule has 1 amide bonds. The summed E-state index contributed by atoms with van der Waals surface area (Å²) < 4.78 is 23.3. The molecule has 1 aliphatic rings. The molecule has 0 aliphatic carbocycles. The smallest absolute Gasteiger partial charge is 0.224 e. The lowest BCUT2D eigenvalue weighted by Crippen LogP contribution is -2.35. The van der Waals surface area contributed by atoms with Crippen LogP contribution in [0.1, 0.15) is 24.0 Å². The summed E-state index contributed by atoms with van der Waals surface area (Å²) in [6.45, 7) is 0.604. The average molecular weight is 296 g/mol. The van der Waals surface area contributed by atoms with Gasteiger partial charge in [0, 0.05) is 13.1 Å². The van der Waals surface area contributed by atoms with E-state index in [9.17, 15) is 13.2 Å². The van der Waals surface area contributed by atoms with Crippen LogP contribution < -0.4 is 11.1 Å². The lowest BCUT2D eigenvalue weighted by atomic mass is 10.0. The summed E-state index contributed by atoms with van der Waals surface area (Å²) in [6.07, 6.45) is 1.57. The Balaban J connectivity index is 1.90. The zero-order chi connectivity index (χ0) is 14.6. The van der Waals surface area contributed by atoms with Crippen molar-refractivity contribution in [3.05, 3.63) is 35.4 Å². The molecule has 0 saturated carbocycles. The standard InChI is InChI=1S/C14H20N2O3S/c15-9-12-5-2-1-4-11(12)8-14(17)16-10-13-6-3-7-20(13,18)19/h1-2,4-5,13H,3,6-10,15H2,(H,16,17). The van der Waals surface area contributed by atoms with Gasteiger partial charge in [-0.3, -0.25) is 4.79 Å². The molecular formula is C14H20N2O3S. The molecule has 1 heterocycles. The van der Waals surface area contributed by atoms with Gasteiger partial charge in [0.2, 0.25) is 5.91 Å². The van der Waals surface area contributed by atoms with E-state index in [0.717, 1.165) is 11.1 Å². The van der Waals surface area contributed by atoms with Gasteiger partial charge < -0.3 is 11.1 Å². The van der Waals surface area contributed by atoms with Crippen LogP contribution in [0.3, 0.4) is 0 Å². The second-order valence-electron chi connectivity index (χ2n) is 5.08. The summed E-state index contributed by atoms with van der Waals surface area (Å²) in [5.41, 5.74) is 7.46. The number of sulfone groups is 1. The highest BCUT2D eigenvalue weighted by Crippen LogP contribution is 2.19. The summed E-state index contributed by atoms with van der Waals surface area (Å²) in [5, 5.41) is 2.30. The first-order valence-electron chi connectivity index (χ1n) is 6.78. The molecule has 1 unspecified atom stereocenters.